The fourth-order valence-electron chi connectivity index (χ4n) is 2.89. The lowest BCUT2D eigenvalue weighted by molar-refractivity contribution is -0.136. The summed E-state index contributed by atoms with van der Waals surface area (Å²) >= 11 is 0. The van der Waals surface area contributed by atoms with E-state index in [4.69, 9.17) is 4.74 Å². The zero-order chi connectivity index (χ0) is 17.3. The van der Waals surface area contributed by atoms with Crippen molar-refractivity contribution in [3.63, 3.8) is 0 Å². The van der Waals surface area contributed by atoms with E-state index in [9.17, 15) is 14.4 Å². The van der Waals surface area contributed by atoms with E-state index in [0.717, 1.165) is 5.56 Å². The molecule has 0 spiro atoms. The number of ether oxygens (including phenoxy) is 1. The molecule has 0 aromatic heterocycles. The third-order valence-electron chi connectivity index (χ3n) is 3.88. The highest BCUT2D eigenvalue weighted by atomic mass is 16.5. The minimum atomic E-state index is -0.562. The van der Waals surface area contributed by atoms with E-state index in [2.05, 4.69) is 10.6 Å². The van der Waals surface area contributed by atoms with Crippen LogP contribution in [-0.2, 0) is 14.3 Å². The lowest BCUT2D eigenvalue weighted by Crippen LogP contribution is -2.51. The second-order valence-electron chi connectivity index (χ2n) is 6.04. The van der Waals surface area contributed by atoms with Crippen molar-refractivity contribution < 1.29 is 19.1 Å². The molecule has 1 atom stereocenters. The number of hydrogen-bond acceptors (Lipinski definition) is 4. The number of nitrogens with one attached hydrogen (secondary N) is 2. The predicted octanol–water partition coefficient (Wildman–Crippen LogP) is 1.09. The average molecular weight is 329 g/mol. The zero-order valence-electron chi connectivity index (χ0n) is 13.5. The molecule has 0 saturated carbocycles. The Morgan fingerprint density at radius 1 is 1.33 bits per heavy atom. The fourth-order valence-corrected chi connectivity index (χ4v) is 2.89. The molecular formula is C17H19N3O4. The molecule has 0 fully saturated rings. The fraction of sp³-hybridized carbons (Fsp3) is 0.353. The maximum absolute atomic E-state index is 12.5. The van der Waals surface area contributed by atoms with E-state index >= 15 is 0 Å². The Labute approximate surface area is 139 Å². The molecule has 0 bridgehead atoms. The van der Waals surface area contributed by atoms with Crippen LogP contribution in [0.5, 0.6) is 0 Å². The molecule has 0 unspecified atom stereocenters. The van der Waals surface area contributed by atoms with Crippen LogP contribution < -0.4 is 10.6 Å². The molecule has 2 aliphatic rings. The Hall–Kier alpha value is -2.83. The van der Waals surface area contributed by atoms with Crippen molar-refractivity contribution in [1.29, 1.82) is 0 Å². The van der Waals surface area contributed by atoms with Crippen LogP contribution in [0.25, 0.3) is 0 Å². The monoisotopic (exact) mass is 329 g/mol. The summed E-state index contributed by atoms with van der Waals surface area (Å²) in [6, 6.07) is 8.20. The van der Waals surface area contributed by atoms with Gasteiger partial charge in [-0.2, -0.15) is 0 Å². The van der Waals surface area contributed by atoms with Crippen molar-refractivity contribution in [2.75, 3.05) is 13.2 Å². The molecule has 0 saturated heterocycles. The Balaban J connectivity index is 1.92. The molecule has 0 radical (unpaired) electrons. The van der Waals surface area contributed by atoms with Crippen LogP contribution in [0.2, 0.25) is 0 Å². The van der Waals surface area contributed by atoms with Crippen molar-refractivity contribution >= 4 is 17.9 Å². The first-order valence-corrected chi connectivity index (χ1v) is 7.80. The van der Waals surface area contributed by atoms with Gasteiger partial charge in [0.15, 0.2) is 0 Å². The Morgan fingerprint density at radius 2 is 2.04 bits per heavy atom. The maximum Gasteiger partial charge on any atom is 0.338 e. The van der Waals surface area contributed by atoms with Gasteiger partial charge in [-0.3, -0.25) is 9.69 Å². The topological polar surface area (TPSA) is 87.7 Å². The maximum atomic E-state index is 12.5. The van der Waals surface area contributed by atoms with Gasteiger partial charge in [0.2, 0.25) is 5.91 Å². The highest BCUT2D eigenvalue weighted by Gasteiger charge is 2.42. The standard InChI is InChI=1S/C17H19N3O4/c1-10(2)18-13(21)8-20-12-9-24-16(22)14(12)15(19-17(20)23)11-6-4-3-5-7-11/h3-7,10,15H,8-9H2,1-2H3,(H,18,21)(H,19,23)/t15-/m0/s1. The average Bonchev–Trinajstić information content (AvgIpc) is 2.92. The Kier molecular flexibility index (Phi) is 4.24. The van der Waals surface area contributed by atoms with Crippen LogP contribution in [-0.4, -0.2) is 42.0 Å². The van der Waals surface area contributed by atoms with Gasteiger partial charge in [-0.05, 0) is 19.4 Å². The molecule has 7 heteroatoms. The van der Waals surface area contributed by atoms with Crippen molar-refractivity contribution in [3.05, 3.63) is 47.2 Å². The largest absolute Gasteiger partial charge is 0.456 e. The molecule has 1 aromatic rings. The number of esters is 1. The van der Waals surface area contributed by atoms with Gasteiger partial charge in [0.1, 0.15) is 13.2 Å². The molecule has 1 aromatic carbocycles. The van der Waals surface area contributed by atoms with Crippen LogP contribution >= 0.6 is 0 Å². The summed E-state index contributed by atoms with van der Waals surface area (Å²) in [4.78, 5) is 37.9. The van der Waals surface area contributed by atoms with E-state index in [1.807, 2.05) is 44.2 Å². The van der Waals surface area contributed by atoms with Crippen LogP contribution in [0.15, 0.2) is 41.6 Å². The van der Waals surface area contributed by atoms with Crippen LogP contribution in [0.3, 0.4) is 0 Å². The van der Waals surface area contributed by atoms with Gasteiger partial charge in [-0.25, -0.2) is 9.59 Å². The smallest absolute Gasteiger partial charge is 0.338 e. The third kappa shape index (κ3) is 2.97. The molecule has 2 aliphatic heterocycles. The molecule has 2 N–H and O–H groups in total. The number of benzene rings is 1. The molecule has 0 aliphatic carbocycles. The van der Waals surface area contributed by atoms with E-state index in [0.29, 0.717) is 11.3 Å². The molecule has 24 heavy (non-hydrogen) atoms. The van der Waals surface area contributed by atoms with Gasteiger partial charge in [-0.15, -0.1) is 0 Å². The van der Waals surface area contributed by atoms with Gasteiger partial charge in [0.05, 0.1) is 17.3 Å². The Morgan fingerprint density at radius 3 is 2.71 bits per heavy atom. The number of nitrogens with zero attached hydrogens (tertiary/aromatic N) is 1. The quantitative estimate of drug-likeness (QED) is 0.810. The summed E-state index contributed by atoms with van der Waals surface area (Å²) in [6.45, 7) is 3.53. The normalized spacial score (nSPS) is 20.0. The molecule has 7 nitrogen and oxygen atoms in total. The number of rotatable bonds is 4. The van der Waals surface area contributed by atoms with Crippen molar-refractivity contribution in [2.24, 2.45) is 0 Å². The van der Waals surface area contributed by atoms with Gasteiger partial charge >= 0.3 is 12.0 Å². The molecule has 3 amide bonds. The zero-order valence-corrected chi connectivity index (χ0v) is 13.5. The summed E-state index contributed by atoms with van der Waals surface area (Å²) in [5.41, 5.74) is 1.64. The lowest BCUT2D eigenvalue weighted by Gasteiger charge is -2.32. The minimum absolute atomic E-state index is 0.000120. The summed E-state index contributed by atoms with van der Waals surface area (Å²) in [6.07, 6.45) is 0. The first-order valence-electron chi connectivity index (χ1n) is 7.80. The summed E-state index contributed by atoms with van der Waals surface area (Å²) in [7, 11) is 0. The van der Waals surface area contributed by atoms with E-state index < -0.39 is 18.0 Å². The molecule has 2 heterocycles. The van der Waals surface area contributed by atoms with Crippen LogP contribution in [0.4, 0.5) is 4.79 Å². The lowest BCUT2D eigenvalue weighted by atomic mass is 9.96. The molecule has 126 valence electrons. The summed E-state index contributed by atoms with van der Waals surface area (Å²) in [5.74, 6) is -0.752. The number of carbonyl (C=O) groups is 3. The van der Waals surface area contributed by atoms with Crippen molar-refractivity contribution in [2.45, 2.75) is 25.9 Å². The van der Waals surface area contributed by atoms with Gasteiger partial charge < -0.3 is 15.4 Å². The highest BCUT2D eigenvalue weighted by Crippen LogP contribution is 2.34. The van der Waals surface area contributed by atoms with Crippen LogP contribution in [0.1, 0.15) is 25.5 Å². The van der Waals surface area contributed by atoms with Crippen LogP contribution in [0, 0.1) is 0 Å². The van der Waals surface area contributed by atoms with Gasteiger partial charge in [-0.1, -0.05) is 30.3 Å². The van der Waals surface area contributed by atoms with Gasteiger partial charge in [0, 0.05) is 6.04 Å². The van der Waals surface area contributed by atoms with Gasteiger partial charge in [0.25, 0.3) is 0 Å². The summed E-state index contributed by atoms with van der Waals surface area (Å²) in [5, 5.41) is 5.53. The first-order chi connectivity index (χ1) is 11.5. The van der Waals surface area contributed by atoms with Crippen molar-refractivity contribution in [1.82, 2.24) is 15.5 Å². The molecular weight excluding hydrogens is 310 g/mol. The highest BCUT2D eigenvalue weighted by molar-refractivity contribution is 5.98. The third-order valence-corrected chi connectivity index (χ3v) is 3.88. The van der Waals surface area contributed by atoms with Crippen molar-refractivity contribution in [3.8, 4) is 0 Å². The second-order valence-corrected chi connectivity index (χ2v) is 6.04. The number of urea groups is 1. The van der Waals surface area contributed by atoms with E-state index in [1.165, 1.54) is 4.90 Å². The number of carbonyl (C=O) groups excluding carboxylic acids is 3. The predicted molar refractivity (Wildman–Crippen MR) is 85.7 cm³/mol. The first kappa shape index (κ1) is 16.0. The van der Waals surface area contributed by atoms with E-state index in [-0.39, 0.29) is 25.1 Å². The second kappa shape index (κ2) is 6.35. The number of amides is 3. The molecule has 3 rings (SSSR count). The number of hydrogen-bond donors (Lipinski definition) is 2. The minimum Gasteiger partial charge on any atom is -0.456 e. The SMILES string of the molecule is CC(C)NC(=O)CN1C(=O)N[C@@H](c2ccccc2)C2=C1COC2=O. The Bertz CT molecular complexity index is 712. The van der Waals surface area contributed by atoms with E-state index in [1.54, 1.807) is 0 Å². The summed E-state index contributed by atoms with van der Waals surface area (Å²) < 4.78 is 5.11. The number of cyclic esters (lactones) is 1.